The normalized spacial score (nSPS) is 22.5. The van der Waals surface area contributed by atoms with Crippen LogP contribution in [0.2, 0.25) is 0 Å². The summed E-state index contributed by atoms with van der Waals surface area (Å²) in [5, 5.41) is 5.21. The minimum absolute atomic E-state index is 0.162. The van der Waals surface area contributed by atoms with Gasteiger partial charge in [0.1, 0.15) is 16.1 Å². The fourth-order valence-electron chi connectivity index (χ4n) is 3.05. The molecule has 3 heterocycles. The number of rotatable bonds is 2. The van der Waals surface area contributed by atoms with Crippen LogP contribution in [-0.2, 0) is 10.2 Å². The second-order valence-corrected chi connectivity index (χ2v) is 8.65. The molecular formula is C16H18N4OS2. The quantitative estimate of drug-likeness (QED) is 0.876. The highest BCUT2D eigenvalue weighted by atomic mass is 32.2. The summed E-state index contributed by atoms with van der Waals surface area (Å²) in [4.78, 5) is 20.4. The first-order chi connectivity index (χ1) is 10.9. The molecule has 0 fully saturated rings. The van der Waals surface area contributed by atoms with E-state index in [1.54, 1.807) is 23.1 Å². The number of nitrogens with zero attached hydrogens (tertiary/aromatic N) is 2. The first-order valence-electron chi connectivity index (χ1n) is 7.63. The van der Waals surface area contributed by atoms with Crippen molar-refractivity contribution in [2.24, 2.45) is 10.7 Å². The van der Waals surface area contributed by atoms with Crippen LogP contribution in [0.4, 0.5) is 5.69 Å². The van der Waals surface area contributed by atoms with Crippen molar-refractivity contribution in [1.29, 1.82) is 0 Å². The van der Waals surface area contributed by atoms with E-state index in [1.807, 2.05) is 0 Å². The number of fused-ring (bicyclic) bond motifs is 2. The third-order valence-electron chi connectivity index (χ3n) is 4.48. The number of nitrogens with one attached hydrogen (secondary N) is 1. The number of aliphatic imine (C=N–C) groups is 1. The predicted octanol–water partition coefficient (Wildman–Crippen LogP) is 2.74. The van der Waals surface area contributed by atoms with Gasteiger partial charge in [0.2, 0.25) is 5.91 Å². The number of carbonyl (C=O) groups is 1. The molecule has 1 aromatic heterocycles. The summed E-state index contributed by atoms with van der Waals surface area (Å²) in [5.41, 5.74) is 9.04. The Labute approximate surface area is 142 Å². The molecule has 0 aliphatic carbocycles. The second-order valence-electron chi connectivity index (χ2n) is 6.61. The topological polar surface area (TPSA) is 80.4 Å². The minimum atomic E-state index is -0.421. The van der Waals surface area contributed by atoms with Crippen LogP contribution >= 0.6 is 23.1 Å². The maximum absolute atomic E-state index is 11.3. The van der Waals surface area contributed by atoms with Crippen LogP contribution in [0.25, 0.3) is 10.2 Å². The summed E-state index contributed by atoms with van der Waals surface area (Å²) in [6.07, 6.45) is 1.12. The second kappa shape index (κ2) is 5.21. The van der Waals surface area contributed by atoms with E-state index in [-0.39, 0.29) is 11.3 Å². The summed E-state index contributed by atoms with van der Waals surface area (Å²) in [6, 6.07) is 3.97. The highest BCUT2D eigenvalue weighted by Crippen LogP contribution is 2.40. The average Bonchev–Trinajstić information content (AvgIpc) is 3.11. The van der Waals surface area contributed by atoms with Gasteiger partial charge in [0, 0.05) is 18.0 Å². The van der Waals surface area contributed by atoms with Gasteiger partial charge in [0.05, 0.1) is 10.2 Å². The Morgan fingerprint density at radius 2 is 2.26 bits per heavy atom. The van der Waals surface area contributed by atoms with Gasteiger partial charge in [-0.05, 0) is 29.5 Å². The van der Waals surface area contributed by atoms with Crippen molar-refractivity contribution in [1.82, 2.24) is 4.98 Å². The number of nitrogens with two attached hydrogens (primary N) is 1. The molecule has 7 heteroatoms. The zero-order valence-corrected chi connectivity index (χ0v) is 14.7. The first kappa shape index (κ1) is 15.0. The number of thiazole rings is 1. The number of anilines is 1. The van der Waals surface area contributed by atoms with Gasteiger partial charge in [-0.1, -0.05) is 13.8 Å². The average molecular weight is 346 g/mol. The number of thioether (sulfide) groups is 1. The molecule has 1 aromatic carbocycles. The number of primary amides is 1. The van der Waals surface area contributed by atoms with Crippen molar-refractivity contribution in [3.63, 3.8) is 0 Å². The summed E-state index contributed by atoms with van der Waals surface area (Å²) < 4.78 is 1.15. The minimum Gasteiger partial charge on any atom is -0.385 e. The molecule has 2 aliphatic rings. The van der Waals surface area contributed by atoms with E-state index in [4.69, 9.17) is 10.7 Å². The summed E-state index contributed by atoms with van der Waals surface area (Å²) in [5.74, 6) is 0.251. The van der Waals surface area contributed by atoms with Crippen molar-refractivity contribution in [3.05, 3.63) is 22.7 Å². The molecule has 5 nitrogen and oxygen atoms in total. The first-order valence-corrected chi connectivity index (χ1v) is 9.43. The van der Waals surface area contributed by atoms with Crippen LogP contribution in [-0.4, -0.2) is 34.3 Å². The van der Waals surface area contributed by atoms with E-state index in [0.29, 0.717) is 5.75 Å². The highest BCUT2D eigenvalue weighted by Gasteiger charge is 2.29. The lowest BCUT2D eigenvalue weighted by Crippen LogP contribution is -2.28. The molecule has 1 atom stereocenters. The SMILES string of the molecule is CC1(C)CCNc2cc3sc(C4=NC(C(N)=O)CS4)nc3cc21. The smallest absolute Gasteiger partial charge is 0.243 e. The van der Waals surface area contributed by atoms with Gasteiger partial charge in [-0.2, -0.15) is 0 Å². The fourth-order valence-corrected chi connectivity index (χ4v) is 5.16. The number of amides is 1. The van der Waals surface area contributed by atoms with Gasteiger partial charge >= 0.3 is 0 Å². The van der Waals surface area contributed by atoms with Crippen molar-refractivity contribution in [2.75, 3.05) is 17.6 Å². The number of hydrogen-bond acceptors (Lipinski definition) is 6. The van der Waals surface area contributed by atoms with Crippen LogP contribution in [0.5, 0.6) is 0 Å². The molecule has 0 saturated heterocycles. The summed E-state index contributed by atoms with van der Waals surface area (Å²) in [6.45, 7) is 5.56. The lowest BCUT2D eigenvalue weighted by Gasteiger charge is -2.33. The van der Waals surface area contributed by atoms with Crippen molar-refractivity contribution in [2.45, 2.75) is 31.7 Å². The number of aromatic nitrogens is 1. The van der Waals surface area contributed by atoms with E-state index < -0.39 is 6.04 Å². The molecule has 0 bridgehead atoms. The molecule has 2 aromatic rings. The molecule has 0 radical (unpaired) electrons. The van der Waals surface area contributed by atoms with Crippen molar-refractivity contribution in [3.8, 4) is 0 Å². The van der Waals surface area contributed by atoms with Crippen LogP contribution in [0.15, 0.2) is 17.1 Å². The van der Waals surface area contributed by atoms with Gasteiger partial charge in [-0.25, -0.2) is 4.98 Å². The Kier molecular flexibility index (Phi) is 3.39. The largest absolute Gasteiger partial charge is 0.385 e. The molecule has 0 saturated carbocycles. The van der Waals surface area contributed by atoms with Crippen LogP contribution in [0.3, 0.4) is 0 Å². The number of benzene rings is 1. The third-order valence-corrected chi connectivity index (χ3v) is 6.69. The van der Waals surface area contributed by atoms with Gasteiger partial charge in [0.15, 0.2) is 0 Å². The zero-order valence-electron chi connectivity index (χ0n) is 13.0. The lowest BCUT2D eigenvalue weighted by atomic mass is 9.78. The zero-order chi connectivity index (χ0) is 16.2. The lowest BCUT2D eigenvalue weighted by molar-refractivity contribution is -0.118. The Bertz CT molecular complexity index is 840. The fraction of sp³-hybridized carbons (Fsp3) is 0.438. The Morgan fingerprint density at radius 3 is 3.00 bits per heavy atom. The van der Waals surface area contributed by atoms with Gasteiger partial charge in [0.25, 0.3) is 0 Å². The van der Waals surface area contributed by atoms with Gasteiger partial charge < -0.3 is 11.1 Å². The summed E-state index contributed by atoms with van der Waals surface area (Å²) in [7, 11) is 0. The number of hydrogen-bond donors (Lipinski definition) is 2. The number of carbonyl (C=O) groups excluding carboxylic acids is 1. The van der Waals surface area contributed by atoms with E-state index in [2.05, 4.69) is 36.3 Å². The molecule has 23 heavy (non-hydrogen) atoms. The van der Waals surface area contributed by atoms with Crippen LogP contribution < -0.4 is 11.1 Å². The maximum Gasteiger partial charge on any atom is 0.243 e. The molecule has 4 rings (SSSR count). The van der Waals surface area contributed by atoms with Crippen LogP contribution in [0.1, 0.15) is 30.8 Å². The summed E-state index contributed by atoms with van der Waals surface area (Å²) >= 11 is 3.19. The van der Waals surface area contributed by atoms with E-state index in [0.717, 1.165) is 33.2 Å². The van der Waals surface area contributed by atoms with Crippen LogP contribution in [0, 0.1) is 0 Å². The van der Waals surface area contributed by atoms with Crippen molar-refractivity contribution >= 4 is 50.0 Å². The monoisotopic (exact) mass is 346 g/mol. The van der Waals surface area contributed by atoms with E-state index in [1.165, 1.54) is 11.3 Å². The van der Waals surface area contributed by atoms with Gasteiger partial charge in [-0.15, -0.1) is 23.1 Å². The molecule has 2 aliphatic heterocycles. The highest BCUT2D eigenvalue weighted by molar-refractivity contribution is 8.15. The Hall–Kier alpha value is -1.60. The maximum atomic E-state index is 11.3. The Morgan fingerprint density at radius 1 is 1.43 bits per heavy atom. The Balaban J connectivity index is 1.78. The molecule has 120 valence electrons. The predicted molar refractivity (Wildman–Crippen MR) is 97.7 cm³/mol. The molecule has 0 spiro atoms. The van der Waals surface area contributed by atoms with Gasteiger partial charge in [-0.3, -0.25) is 9.79 Å². The molecule has 1 unspecified atom stereocenters. The van der Waals surface area contributed by atoms with Crippen molar-refractivity contribution < 1.29 is 4.79 Å². The van der Waals surface area contributed by atoms with E-state index >= 15 is 0 Å². The van der Waals surface area contributed by atoms with E-state index in [9.17, 15) is 4.79 Å². The standard InChI is InChI=1S/C16H18N4OS2/c1-16(2)3-4-18-9-6-12-10(5-8(9)16)19-15(23-12)14-20-11(7-22-14)13(17)21/h5-6,11,18H,3-4,7H2,1-2H3,(H2,17,21). The third kappa shape index (κ3) is 2.52. The molecule has 1 amide bonds. The molecule has 3 N–H and O–H groups in total. The molecular weight excluding hydrogens is 328 g/mol.